The van der Waals surface area contributed by atoms with Crippen LogP contribution in [0.25, 0.3) is 6.08 Å². The fourth-order valence-electron chi connectivity index (χ4n) is 2.07. The molecule has 1 amide bonds. The molecule has 2 aromatic rings. The molecule has 0 saturated carbocycles. The number of halogens is 1. The first kappa shape index (κ1) is 16.1. The van der Waals surface area contributed by atoms with Crippen LogP contribution >= 0.6 is 35.6 Å². The average molecular weight is 365 g/mol. The maximum absolute atomic E-state index is 12.5. The number of thioether (sulfide) groups is 1. The molecular weight excluding hydrogens is 352 g/mol. The van der Waals surface area contributed by atoms with Gasteiger partial charge in [-0.1, -0.05) is 41.6 Å². The van der Waals surface area contributed by atoms with Crippen molar-refractivity contribution in [1.82, 2.24) is 4.90 Å². The number of furan rings is 1. The Morgan fingerprint density at radius 2 is 2.22 bits per heavy atom. The second-order valence-electron chi connectivity index (χ2n) is 4.90. The van der Waals surface area contributed by atoms with Crippen LogP contribution in [0.15, 0.2) is 45.7 Å². The van der Waals surface area contributed by atoms with Crippen LogP contribution < -0.4 is 5.32 Å². The number of amides is 1. The molecule has 0 spiro atoms. The molecule has 0 atom stereocenters. The van der Waals surface area contributed by atoms with Crippen LogP contribution in [-0.2, 0) is 4.79 Å². The predicted molar refractivity (Wildman–Crippen MR) is 98.4 cm³/mol. The van der Waals surface area contributed by atoms with Gasteiger partial charge < -0.3 is 9.73 Å². The molecule has 7 heteroatoms. The first-order valence-corrected chi connectivity index (χ1v) is 8.44. The van der Waals surface area contributed by atoms with Gasteiger partial charge in [0, 0.05) is 16.8 Å². The predicted octanol–water partition coefficient (Wildman–Crippen LogP) is 4.51. The van der Waals surface area contributed by atoms with E-state index in [-0.39, 0.29) is 5.91 Å². The Bertz CT molecular complexity index is 801. The van der Waals surface area contributed by atoms with E-state index < -0.39 is 0 Å². The van der Waals surface area contributed by atoms with Gasteiger partial charge in [0.2, 0.25) is 0 Å². The maximum atomic E-state index is 12.5. The van der Waals surface area contributed by atoms with Crippen LogP contribution in [0.1, 0.15) is 11.5 Å². The summed E-state index contributed by atoms with van der Waals surface area (Å²) in [5.41, 5.74) is 0.831. The summed E-state index contributed by atoms with van der Waals surface area (Å²) in [7, 11) is 0. The highest BCUT2D eigenvalue weighted by molar-refractivity contribution is 8.26. The van der Waals surface area contributed by atoms with Crippen LogP contribution in [0.5, 0.6) is 0 Å². The Kier molecular flexibility index (Phi) is 4.75. The van der Waals surface area contributed by atoms with Crippen molar-refractivity contribution in [3.63, 3.8) is 0 Å². The molecule has 23 heavy (non-hydrogen) atoms. The summed E-state index contributed by atoms with van der Waals surface area (Å²) in [5.74, 6) is 1.31. The number of hydrogen-bond donors (Lipinski definition) is 1. The average Bonchev–Trinajstić information content (AvgIpc) is 3.02. The Morgan fingerprint density at radius 3 is 2.91 bits per heavy atom. The number of thiocarbonyl (C=S) groups is 1. The highest BCUT2D eigenvalue weighted by Crippen LogP contribution is 2.32. The second kappa shape index (κ2) is 6.78. The zero-order valence-corrected chi connectivity index (χ0v) is 14.6. The molecule has 1 aliphatic heterocycles. The molecule has 1 N–H and O–H groups in total. The van der Waals surface area contributed by atoms with E-state index >= 15 is 0 Å². The van der Waals surface area contributed by atoms with Crippen molar-refractivity contribution in [1.29, 1.82) is 0 Å². The lowest BCUT2D eigenvalue weighted by Gasteiger charge is -2.16. The van der Waals surface area contributed by atoms with Crippen LogP contribution in [0.3, 0.4) is 0 Å². The van der Waals surface area contributed by atoms with Gasteiger partial charge in [0.25, 0.3) is 5.91 Å². The number of carbonyl (C=O) groups excluding carboxylic acids is 1. The summed E-state index contributed by atoms with van der Waals surface area (Å²) >= 11 is 12.5. The van der Waals surface area contributed by atoms with Gasteiger partial charge in [0.1, 0.15) is 15.8 Å². The second-order valence-corrected chi connectivity index (χ2v) is 7.02. The Labute approximate surface area is 148 Å². The number of nitrogens with one attached hydrogen (secondary N) is 1. The van der Waals surface area contributed by atoms with Crippen LogP contribution in [0, 0.1) is 6.92 Å². The number of aryl methyl sites for hydroxylation is 1. The van der Waals surface area contributed by atoms with Crippen molar-refractivity contribution in [2.45, 2.75) is 6.92 Å². The smallest absolute Gasteiger partial charge is 0.267 e. The van der Waals surface area contributed by atoms with Crippen LogP contribution in [-0.4, -0.2) is 21.8 Å². The summed E-state index contributed by atoms with van der Waals surface area (Å²) in [6.07, 6.45) is 1.71. The first-order chi connectivity index (χ1) is 11.0. The largest absolute Gasteiger partial charge is 0.462 e. The van der Waals surface area contributed by atoms with E-state index in [1.54, 1.807) is 18.2 Å². The van der Waals surface area contributed by atoms with Crippen molar-refractivity contribution in [3.8, 4) is 0 Å². The maximum Gasteiger partial charge on any atom is 0.267 e. The third-order valence-electron chi connectivity index (χ3n) is 3.17. The molecule has 1 fully saturated rings. The molecule has 2 heterocycles. The van der Waals surface area contributed by atoms with E-state index in [0.29, 0.717) is 26.7 Å². The fourth-order valence-corrected chi connectivity index (χ4v) is 3.49. The number of anilines is 1. The highest BCUT2D eigenvalue weighted by atomic mass is 35.5. The minimum atomic E-state index is -0.136. The van der Waals surface area contributed by atoms with Gasteiger partial charge in [-0.2, -0.15) is 0 Å². The first-order valence-electron chi connectivity index (χ1n) is 6.84. The summed E-state index contributed by atoms with van der Waals surface area (Å²) in [5, 5.41) is 3.78. The van der Waals surface area contributed by atoms with E-state index in [0.717, 1.165) is 11.4 Å². The SMILES string of the molecule is Cc1ccc(C=C2SC(=S)N(CNc3cccc(Cl)c3)C2=O)o1. The Morgan fingerprint density at radius 1 is 1.39 bits per heavy atom. The summed E-state index contributed by atoms with van der Waals surface area (Å²) in [6, 6.07) is 11.0. The van der Waals surface area contributed by atoms with E-state index in [2.05, 4.69) is 5.32 Å². The van der Waals surface area contributed by atoms with Crippen LogP contribution in [0.4, 0.5) is 5.69 Å². The third kappa shape index (κ3) is 3.77. The minimum Gasteiger partial charge on any atom is -0.462 e. The van der Waals surface area contributed by atoms with Crippen molar-refractivity contribution < 1.29 is 9.21 Å². The third-order valence-corrected chi connectivity index (χ3v) is 4.79. The van der Waals surface area contributed by atoms with E-state index in [1.807, 2.05) is 31.2 Å². The van der Waals surface area contributed by atoms with Gasteiger partial charge in [-0.25, -0.2) is 0 Å². The molecule has 1 aliphatic rings. The Hall–Kier alpha value is -1.76. The molecule has 0 bridgehead atoms. The fraction of sp³-hybridized carbons (Fsp3) is 0.125. The lowest BCUT2D eigenvalue weighted by molar-refractivity contribution is -0.121. The molecule has 0 aliphatic carbocycles. The molecule has 1 aromatic heterocycles. The van der Waals surface area contributed by atoms with E-state index in [1.165, 1.54) is 16.7 Å². The monoisotopic (exact) mass is 364 g/mol. The molecule has 3 rings (SSSR count). The van der Waals surface area contributed by atoms with Crippen LogP contribution in [0.2, 0.25) is 5.02 Å². The molecule has 1 aromatic carbocycles. The standard InChI is InChI=1S/C16H13ClN2O2S2/c1-10-5-6-13(21-10)8-14-15(20)19(16(22)23-14)9-18-12-4-2-3-11(17)7-12/h2-8,18H,9H2,1H3. The summed E-state index contributed by atoms with van der Waals surface area (Å²) in [4.78, 5) is 14.5. The highest BCUT2D eigenvalue weighted by Gasteiger charge is 2.32. The van der Waals surface area contributed by atoms with Gasteiger partial charge in [-0.05, 0) is 37.3 Å². The number of nitrogens with zero attached hydrogens (tertiary/aromatic N) is 1. The summed E-state index contributed by atoms with van der Waals surface area (Å²) in [6.45, 7) is 2.15. The van der Waals surface area contributed by atoms with Gasteiger partial charge in [0.15, 0.2) is 0 Å². The summed E-state index contributed by atoms with van der Waals surface area (Å²) < 4.78 is 5.99. The lowest BCUT2D eigenvalue weighted by atomic mass is 10.3. The van der Waals surface area contributed by atoms with Gasteiger partial charge in [0.05, 0.1) is 11.6 Å². The number of carbonyl (C=O) groups is 1. The number of hydrogen-bond acceptors (Lipinski definition) is 5. The van der Waals surface area contributed by atoms with Crippen molar-refractivity contribution in [2.24, 2.45) is 0 Å². The molecule has 118 valence electrons. The van der Waals surface area contributed by atoms with E-state index in [9.17, 15) is 4.79 Å². The quantitative estimate of drug-likeness (QED) is 0.638. The molecule has 0 radical (unpaired) electrons. The number of benzene rings is 1. The van der Waals surface area contributed by atoms with Gasteiger partial charge in [-0.3, -0.25) is 9.69 Å². The topological polar surface area (TPSA) is 45.5 Å². The van der Waals surface area contributed by atoms with Crippen molar-refractivity contribution in [2.75, 3.05) is 12.0 Å². The zero-order valence-electron chi connectivity index (χ0n) is 12.2. The van der Waals surface area contributed by atoms with Crippen molar-refractivity contribution >= 4 is 57.6 Å². The van der Waals surface area contributed by atoms with Crippen molar-refractivity contribution in [3.05, 3.63) is 57.8 Å². The molecule has 4 nitrogen and oxygen atoms in total. The van der Waals surface area contributed by atoms with E-state index in [4.69, 9.17) is 28.2 Å². The number of rotatable bonds is 4. The molecule has 0 unspecified atom stereocenters. The Balaban J connectivity index is 1.70. The minimum absolute atomic E-state index is 0.136. The zero-order chi connectivity index (χ0) is 16.4. The molecular formula is C16H13ClN2O2S2. The van der Waals surface area contributed by atoms with Gasteiger partial charge in [-0.15, -0.1) is 0 Å². The van der Waals surface area contributed by atoms with Gasteiger partial charge >= 0.3 is 0 Å². The normalized spacial score (nSPS) is 16.4. The lowest BCUT2D eigenvalue weighted by Crippen LogP contribution is -2.33. The molecule has 1 saturated heterocycles.